The van der Waals surface area contributed by atoms with Crippen molar-refractivity contribution >= 4 is 36.6 Å². The Kier molecular flexibility index (Phi) is 7.21. The zero-order chi connectivity index (χ0) is 29.0. The Balaban J connectivity index is 1.37. The number of anilines is 2. The Morgan fingerprint density at radius 2 is 1.98 bits per heavy atom. The summed E-state index contributed by atoms with van der Waals surface area (Å²) in [5.74, 6) is -0.160. The first kappa shape index (κ1) is 28.2. The van der Waals surface area contributed by atoms with Crippen LogP contribution < -0.4 is 20.2 Å². The minimum Gasteiger partial charge on any atom is -0.462 e. The summed E-state index contributed by atoms with van der Waals surface area (Å²) in [6.07, 6.45) is -5.04. The third-order valence-electron chi connectivity index (χ3n) is 6.45. The van der Waals surface area contributed by atoms with Crippen LogP contribution in [0.2, 0.25) is 0 Å². The van der Waals surface area contributed by atoms with Gasteiger partial charge < -0.3 is 29.7 Å². The summed E-state index contributed by atoms with van der Waals surface area (Å²) in [6, 6.07) is 6.96. The maximum atomic E-state index is 15.8. The third-order valence-corrected chi connectivity index (χ3v) is 8.11. The van der Waals surface area contributed by atoms with Gasteiger partial charge in [-0.1, -0.05) is 18.2 Å². The molecule has 7 atom stereocenters. The molecule has 1 aromatic carbocycles. The van der Waals surface area contributed by atoms with E-state index in [1.807, 2.05) is 0 Å². The Bertz CT molecular complexity index is 1460. The van der Waals surface area contributed by atoms with Crippen molar-refractivity contribution in [3.8, 4) is 5.75 Å². The van der Waals surface area contributed by atoms with Gasteiger partial charge in [0.25, 0.3) is 0 Å². The number of nitrogens with two attached hydrogens (primary N) is 1. The van der Waals surface area contributed by atoms with Crippen LogP contribution >= 0.6 is 7.75 Å². The number of imidazole rings is 1. The molecule has 40 heavy (non-hydrogen) atoms. The number of halogens is 1. The van der Waals surface area contributed by atoms with Gasteiger partial charge in [-0.25, -0.2) is 13.9 Å². The smallest absolute Gasteiger partial charge is 0.459 e. The van der Waals surface area contributed by atoms with Crippen molar-refractivity contribution in [1.82, 2.24) is 24.6 Å². The van der Waals surface area contributed by atoms with E-state index >= 15 is 4.39 Å². The Morgan fingerprint density at radius 3 is 2.58 bits per heavy atom. The fourth-order valence-corrected chi connectivity index (χ4v) is 6.22. The molecule has 3 aromatic rings. The standard InChI is InChI=1S/C24H31FN7O7P/c1-12(2)36-22(33)13(3)30-40(35,38-14-9-7-6-8-10-14)39-18-17-24(18,34)16(25)21(37-17)32-11-27-15-19(31(4)5)28-23(26)29-20(15)32/h6-13,16-18,21,34H,1-5H3,(H,30,35)(H2,26,28,29)/t13-,16+,17-,18?,21-,24+,40-/m1/s1. The van der Waals surface area contributed by atoms with Crippen molar-refractivity contribution in [2.24, 2.45) is 0 Å². The molecule has 1 unspecified atom stereocenters. The van der Waals surface area contributed by atoms with E-state index in [2.05, 4.69) is 20.0 Å². The van der Waals surface area contributed by atoms with Gasteiger partial charge in [-0.05, 0) is 32.9 Å². The summed E-state index contributed by atoms with van der Waals surface area (Å²) in [7, 11) is -0.879. The lowest BCUT2D eigenvalue weighted by Crippen LogP contribution is -2.38. The van der Waals surface area contributed by atoms with Gasteiger partial charge in [-0.15, -0.1) is 0 Å². The van der Waals surface area contributed by atoms with Crippen LogP contribution in [0.4, 0.5) is 16.2 Å². The van der Waals surface area contributed by atoms with Crippen molar-refractivity contribution < 1.29 is 37.4 Å². The van der Waals surface area contributed by atoms with Gasteiger partial charge in [0.05, 0.1) is 12.4 Å². The van der Waals surface area contributed by atoms with Crippen molar-refractivity contribution in [2.45, 2.75) is 63.1 Å². The van der Waals surface area contributed by atoms with Crippen molar-refractivity contribution in [1.29, 1.82) is 0 Å². The second-order valence-corrected chi connectivity index (χ2v) is 11.8. The van der Waals surface area contributed by atoms with E-state index in [0.29, 0.717) is 11.3 Å². The number of ether oxygens (including phenoxy) is 2. The highest BCUT2D eigenvalue weighted by Crippen LogP contribution is 2.62. The molecule has 1 aliphatic heterocycles. The van der Waals surface area contributed by atoms with E-state index in [0.717, 1.165) is 0 Å². The third kappa shape index (κ3) is 4.99. The van der Waals surface area contributed by atoms with Gasteiger partial charge in [0.1, 0.15) is 24.0 Å². The Hall–Kier alpha value is -3.36. The van der Waals surface area contributed by atoms with Crippen LogP contribution in [0.25, 0.3) is 11.2 Å². The molecular weight excluding hydrogens is 548 g/mol. The number of carbonyl (C=O) groups excluding carboxylic acids is 1. The summed E-state index contributed by atoms with van der Waals surface area (Å²) in [4.78, 5) is 26.7. The second kappa shape index (κ2) is 10.2. The number of nitrogens with one attached hydrogen (secondary N) is 1. The minimum absolute atomic E-state index is 0.0494. The number of aromatic nitrogens is 4. The maximum Gasteiger partial charge on any atom is 0.459 e. The number of rotatable bonds is 10. The summed E-state index contributed by atoms with van der Waals surface area (Å²) in [6.45, 7) is 4.76. The molecule has 4 N–H and O–H groups in total. The van der Waals surface area contributed by atoms with E-state index in [-0.39, 0.29) is 17.3 Å². The topological polar surface area (TPSA) is 176 Å². The number of fused-ring (bicyclic) bond motifs is 2. The lowest BCUT2D eigenvalue weighted by Gasteiger charge is -2.26. The molecule has 14 nitrogen and oxygen atoms in total. The van der Waals surface area contributed by atoms with Crippen LogP contribution in [0.1, 0.15) is 27.0 Å². The molecule has 0 amide bonds. The molecule has 2 aromatic heterocycles. The molecule has 1 saturated carbocycles. The van der Waals surface area contributed by atoms with Gasteiger partial charge in [0, 0.05) is 14.1 Å². The van der Waals surface area contributed by atoms with Crippen LogP contribution in [0.15, 0.2) is 36.7 Å². The minimum atomic E-state index is -4.37. The number of benzene rings is 1. The number of nitrogens with zero attached hydrogens (tertiary/aromatic N) is 5. The molecule has 0 bridgehead atoms. The maximum absolute atomic E-state index is 15.8. The number of alkyl halides is 1. The van der Waals surface area contributed by atoms with Crippen LogP contribution in [-0.2, 0) is 23.4 Å². The molecule has 1 aliphatic carbocycles. The predicted molar refractivity (Wildman–Crippen MR) is 141 cm³/mol. The highest BCUT2D eigenvalue weighted by Gasteiger charge is 2.80. The van der Waals surface area contributed by atoms with Crippen LogP contribution in [-0.4, -0.2) is 80.8 Å². The number of para-hydroxylation sites is 1. The quantitative estimate of drug-likeness (QED) is 0.235. The molecule has 3 heterocycles. The molecule has 216 valence electrons. The van der Waals surface area contributed by atoms with Gasteiger partial charge in [0.2, 0.25) is 5.95 Å². The molecule has 0 spiro atoms. The molecule has 2 fully saturated rings. The van der Waals surface area contributed by atoms with E-state index in [9.17, 15) is 14.5 Å². The molecular formula is C24H31FN7O7P. The van der Waals surface area contributed by atoms with Gasteiger partial charge in [-0.3, -0.25) is 13.9 Å². The summed E-state index contributed by atoms with van der Waals surface area (Å²) < 4.78 is 53.2. The van der Waals surface area contributed by atoms with Gasteiger partial charge in [0.15, 0.2) is 35.0 Å². The molecule has 0 radical (unpaired) electrons. The SMILES string of the molecule is CC(C)OC(=O)[C@@H](C)N[P@@](=O)(Oc1ccccc1)OC1[C@H]2O[C@@H](n3cnc4c(N(C)C)nc(N)nc43)[C@H](F)[C@@]12O. The molecule has 1 saturated heterocycles. The van der Waals surface area contributed by atoms with Gasteiger partial charge in [-0.2, -0.15) is 15.1 Å². The fraction of sp³-hybridized carbons (Fsp3) is 0.500. The fourth-order valence-electron chi connectivity index (χ4n) is 4.51. The van der Waals surface area contributed by atoms with Crippen LogP contribution in [0.3, 0.4) is 0 Å². The van der Waals surface area contributed by atoms with E-state index < -0.39 is 56.1 Å². The Labute approximate surface area is 229 Å². The zero-order valence-corrected chi connectivity index (χ0v) is 23.4. The second-order valence-electron chi connectivity index (χ2n) is 10.1. The van der Waals surface area contributed by atoms with E-state index in [1.54, 1.807) is 51.0 Å². The van der Waals surface area contributed by atoms with Crippen molar-refractivity contribution in [2.75, 3.05) is 24.7 Å². The van der Waals surface area contributed by atoms with E-state index in [4.69, 9.17) is 24.3 Å². The summed E-state index contributed by atoms with van der Waals surface area (Å²) in [5, 5.41) is 13.7. The number of aliphatic hydroxyl groups is 1. The number of hydrogen-bond donors (Lipinski definition) is 3. The van der Waals surface area contributed by atoms with E-state index in [1.165, 1.54) is 30.0 Å². The highest BCUT2D eigenvalue weighted by molar-refractivity contribution is 7.52. The van der Waals surface area contributed by atoms with Crippen molar-refractivity contribution in [3.63, 3.8) is 0 Å². The average molecular weight is 580 g/mol. The number of esters is 1. The molecule has 5 rings (SSSR count). The normalized spacial score (nSPS) is 27.7. The Morgan fingerprint density at radius 1 is 1.27 bits per heavy atom. The molecule has 16 heteroatoms. The zero-order valence-electron chi connectivity index (χ0n) is 22.5. The first-order chi connectivity index (χ1) is 18.8. The number of carbonyl (C=O) groups is 1. The lowest BCUT2D eigenvalue weighted by atomic mass is 10.2. The van der Waals surface area contributed by atoms with Crippen LogP contribution in [0.5, 0.6) is 5.75 Å². The van der Waals surface area contributed by atoms with Crippen LogP contribution in [0, 0.1) is 0 Å². The predicted octanol–water partition coefficient (Wildman–Crippen LogP) is 1.96. The average Bonchev–Trinajstić information content (AvgIpc) is 3.13. The lowest BCUT2D eigenvalue weighted by molar-refractivity contribution is -0.149. The van der Waals surface area contributed by atoms with Gasteiger partial charge >= 0.3 is 13.7 Å². The number of hydrogen-bond acceptors (Lipinski definition) is 12. The summed E-state index contributed by atoms with van der Waals surface area (Å²) in [5.41, 5.74) is 4.26. The van der Waals surface area contributed by atoms with Crippen molar-refractivity contribution in [3.05, 3.63) is 36.7 Å². The number of nitrogen functional groups attached to an aromatic ring is 1. The largest absolute Gasteiger partial charge is 0.462 e. The first-order valence-electron chi connectivity index (χ1n) is 12.5. The first-order valence-corrected chi connectivity index (χ1v) is 14.1. The monoisotopic (exact) mass is 579 g/mol. The molecule has 2 aliphatic rings. The highest BCUT2D eigenvalue weighted by atomic mass is 31.2. The summed E-state index contributed by atoms with van der Waals surface area (Å²) >= 11 is 0.